The van der Waals surface area contributed by atoms with Crippen LogP contribution in [0.5, 0.6) is 0 Å². The Morgan fingerprint density at radius 1 is 0.441 bits per heavy atom. The molecule has 164 valence electrons. The van der Waals surface area contributed by atoms with Gasteiger partial charge in [0.05, 0.1) is 22.7 Å². The summed E-state index contributed by atoms with van der Waals surface area (Å²) >= 11 is 0. The van der Waals surface area contributed by atoms with Crippen LogP contribution in [-0.4, -0.2) is 0 Å². The minimum atomic E-state index is -0.458. The fraction of sp³-hybridized carbons (Fsp3) is 0. The Balaban J connectivity index is 1.50. The second-order valence-electron chi connectivity index (χ2n) is 8.15. The lowest BCUT2D eigenvalue weighted by atomic mass is 10.0. The topological polar surface area (TPSA) is 6.48 Å². The van der Waals surface area contributed by atoms with E-state index in [1.165, 1.54) is 6.07 Å². The van der Waals surface area contributed by atoms with Crippen LogP contribution < -0.4 is 9.80 Å². The Morgan fingerprint density at radius 2 is 0.912 bits per heavy atom. The maximum Gasteiger partial charge on any atom is 0.131 e. The number of nitrogens with zero attached hydrogens (tertiary/aromatic N) is 2. The number of hydrogen-bond acceptors (Lipinski definition) is 2. The molecule has 5 aromatic carbocycles. The van der Waals surface area contributed by atoms with E-state index in [1.807, 2.05) is 66.7 Å². The molecule has 1 heterocycles. The Labute approximate surface area is 197 Å². The molecule has 0 saturated heterocycles. The third kappa shape index (κ3) is 3.32. The van der Waals surface area contributed by atoms with Gasteiger partial charge in [0.1, 0.15) is 11.6 Å². The van der Waals surface area contributed by atoms with Gasteiger partial charge in [0.25, 0.3) is 0 Å². The van der Waals surface area contributed by atoms with Gasteiger partial charge < -0.3 is 9.80 Å². The molecule has 0 fully saturated rings. The summed E-state index contributed by atoms with van der Waals surface area (Å²) in [4.78, 5) is 4.47. The smallest absolute Gasteiger partial charge is 0.131 e. The van der Waals surface area contributed by atoms with Crippen LogP contribution in [0.1, 0.15) is 0 Å². The third-order valence-corrected chi connectivity index (χ3v) is 6.11. The molecule has 0 spiro atoms. The number of fused-ring (bicyclic) bond motifs is 2. The summed E-state index contributed by atoms with van der Waals surface area (Å²) in [6.45, 7) is 0. The first kappa shape index (κ1) is 20.2. The van der Waals surface area contributed by atoms with Gasteiger partial charge in [0.15, 0.2) is 0 Å². The second kappa shape index (κ2) is 8.16. The average molecular weight is 447 g/mol. The molecule has 0 amide bonds. The van der Waals surface area contributed by atoms with Gasteiger partial charge in [-0.15, -0.1) is 0 Å². The van der Waals surface area contributed by atoms with Gasteiger partial charge >= 0.3 is 0 Å². The van der Waals surface area contributed by atoms with E-state index in [-0.39, 0.29) is 5.56 Å². The van der Waals surface area contributed by atoms with Gasteiger partial charge in [-0.05, 0) is 72.3 Å². The highest BCUT2D eigenvalue weighted by atomic mass is 19.1. The van der Waals surface area contributed by atoms with E-state index in [4.69, 9.17) is 0 Å². The quantitative estimate of drug-likeness (QED) is 0.268. The minimum absolute atomic E-state index is 0.251. The highest BCUT2D eigenvalue weighted by Gasteiger charge is 2.29. The van der Waals surface area contributed by atoms with Crippen molar-refractivity contribution in [3.63, 3.8) is 0 Å². The standard InChI is InChI=1S/C30H20F2N2/c31-22-16-19-26(32)25(20-22)21-14-17-24(18-15-21)34-29-12-6-4-10-27(29)33(23-8-2-1-3-9-23)28-11-5-7-13-30(28)34/h1-20H. The molecule has 0 aromatic heterocycles. The Bertz CT molecular complexity index is 1430. The number of benzene rings is 5. The molecule has 1 aliphatic rings. The molecule has 34 heavy (non-hydrogen) atoms. The highest BCUT2D eigenvalue weighted by Crippen LogP contribution is 2.53. The highest BCUT2D eigenvalue weighted by molar-refractivity contribution is 6.01. The maximum atomic E-state index is 14.3. The van der Waals surface area contributed by atoms with Gasteiger partial charge in [-0.3, -0.25) is 0 Å². The molecular formula is C30H20F2N2. The van der Waals surface area contributed by atoms with E-state index in [9.17, 15) is 8.78 Å². The van der Waals surface area contributed by atoms with E-state index < -0.39 is 11.6 Å². The van der Waals surface area contributed by atoms with Crippen molar-refractivity contribution in [3.8, 4) is 11.1 Å². The zero-order chi connectivity index (χ0) is 23.1. The van der Waals surface area contributed by atoms with Crippen molar-refractivity contribution in [2.75, 3.05) is 9.80 Å². The monoisotopic (exact) mass is 446 g/mol. The lowest BCUT2D eigenvalue weighted by molar-refractivity contribution is 0.603. The lowest BCUT2D eigenvalue weighted by Gasteiger charge is -2.40. The SMILES string of the molecule is Fc1ccc(F)c(-c2ccc(N3c4ccccc4N(c4ccccc4)c4ccccc43)cc2)c1. The summed E-state index contributed by atoms with van der Waals surface area (Å²) in [5.74, 6) is -0.901. The summed E-state index contributed by atoms with van der Waals surface area (Å²) in [6.07, 6.45) is 0. The molecule has 0 saturated carbocycles. The number of rotatable bonds is 3. The Hall–Kier alpha value is -4.44. The summed E-state index contributed by atoms with van der Waals surface area (Å²) < 4.78 is 28.1. The molecule has 0 atom stereocenters. The summed E-state index contributed by atoms with van der Waals surface area (Å²) in [6, 6.07) is 37.9. The fourth-order valence-electron chi connectivity index (χ4n) is 4.59. The summed E-state index contributed by atoms with van der Waals surface area (Å²) in [7, 11) is 0. The van der Waals surface area contributed by atoms with Crippen LogP contribution >= 0.6 is 0 Å². The van der Waals surface area contributed by atoms with Crippen LogP contribution in [0.15, 0.2) is 121 Å². The predicted octanol–water partition coefficient (Wildman–Crippen LogP) is 8.88. The van der Waals surface area contributed by atoms with Crippen LogP contribution in [0.4, 0.5) is 42.9 Å². The van der Waals surface area contributed by atoms with E-state index in [0.717, 1.165) is 46.3 Å². The fourth-order valence-corrected chi connectivity index (χ4v) is 4.59. The maximum absolute atomic E-state index is 14.3. The normalized spacial score (nSPS) is 12.3. The molecule has 1 aliphatic heterocycles. The van der Waals surface area contributed by atoms with E-state index in [1.54, 1.807) is 0 Å². The molecule has 0 bridgehead atoms. The lowest BCUT2D eigenvalue weighted by Crippen LogP contribution is -2.23. The molecule has 6 rings (SSSR count). The van der Waals surface area contributed by atoms with Crippen molar-refractivity contribution in [1.29, 1.82) is 0 Å². The van der Waals surface area contributed by atoms with Crippen molar-refractivity contribution in [2.24, 2.45) is 0 Å². The molecule has 4 heteroatoms. The summed E-state index contributed by atoms with van der Waals surface area (Å²) in [5, 5.41) is 0. The van der Waals surface area contributed by atoms with Gasteiger partial charge in [0.2, 0.25) is 0 Å². The van der Waals surface area contributed by atoms with Crippen LogP contribution in [0.2, 0.25) is 0 Å². The van der Waals surface area contributed by atoms with Crippen molar-refractivity contribution < 1.29 is 8.78 Å². The molecule has 0 aliphatic carbocycles. The van der Waals surface area contributed by atoms with Gasteiger partial charge in [-0.25, -0.2) is 8.78 Å². The average Bonchev–Trinajstić information content (AvgIpc) is 2.89. The van der Waals surface area contributed by atoms with Crippen molar-refractivity contribution in [2.45, 2.75) is 0 Å². The minimum Gasteiger partial charge on any atom is -0.306 e. The first-order chi connectivity index (χ1) is 16.7. The van der Waals surface area contributed by atoms with E-state index in [2.05, 4.69) is 46.2 Å². The third-order valence-electron chi connectivity index (χ3n) is 6.11. The number of anilines is 6. The first-order valence-electron chi connectivity index (χ1n) is 11.1. The molecule has 0 radical (unpaired) electrons. The van der Waals surface area contributed by atoms with Crippen molar-refractivity contribution >= 4 is 34.1 Å². The molecule has 5 aromatic rings. The molecule has 2 nitrogen and oxygen atoms in total. The van der Waals surface area contributed by atoms with Crippen LogP contribution in [-0.2, 0) is 0 Å². The first-order valence-corrected chi connectivity index (χ1v) is 11.1. The Kier molecular flexibility index (Phi) is 4.84. The molecular weight excluding hydrogens is 426 g/mol. The van der Waals surface area contributed by atoms with Crippen LogP contribution in [0, 0.1) is 11.6 Å². The van der Waals surface area contributed by atoms with Gasteiger partial charge in [0, 0.05) is 16.9 Å². The van der Waals surface area contributed by atoms with E-state index >= 15 is 0 Å². The zero-order valence-electron chi connectivity index (χ0n) is 18.2. The van der Waals surface area contributed by atoms with Crippen molar-refractivity contribution in [3.05, 3.63) is 133 Å². The van der Waals surface area contributed by atoms with Crippen molar-refractivity contribution in [1.82, 2.24) is 0 Å². The number of halogens is 2. The summed E-state index contributed by atoms with van der Waals surface area (Å²) in [5.41, 5.74) is 7.10. The van der Waals surface area contributed by atoms with Gasteiger partial charge in [-0.1, -0.05) is 54.6 Å². The van der Waals surface area contributed by atoms with E-state index in [0.29, 0.717) is 5.56 Å². The largest absolute Gasteiger partial charge is 0.306 e. The van der Waals surface area contributed by atoms with Crippen LogP contribution in [0.3, 0.4) is 0 Å². The zero-order valence-corrected chi connectivity index (χ0v) is 18.2. The number of hydrogen-bond donors (Lipinski definition) is 0. The second-order valence-corrected chi connectivity index (χ2v) is 8.15. The Morgan fingerprint density at radius 3 is 1.44 bits per heavy atom. The molecule has 0 N–H and O–H groups in total. The van der Waals surface area contributed by atoms with Crippen LogP contribution in [0.25, 0.3) is 11.1 Å². The molecule has 0 unspecified atom stereocenters. The number of para-hydroxylation sites is 5. The van der Waals surface area contributed by atoms with Gasteiger partial charge in [-0.2, -0.15) is 0 Å². The predicted molar refractivity (Wildman–Crippen MR) is 135 cm³/mol.